The number of halogens is 2. The summed E-state index contributed by atoms with van der Waals surface area (Å²) in [5, 5.41) is 4.58. The molecule has 0 spiro atoms. The molecule has 0 radical (unpaired) electrons. The van der Waals surface area contributed by atoms with E-state index >= 15 is 0 Å². The van der Waals surface area contributed by atoms with Crippen molar-refractivity contribution in [2.75, 3.05) is 63.2 Å². The monoisotopic (exact) mass is 606 g/mol. The van der Waals surface area contributed by atoms with Gasteiger partial charge >= 0.3 is 11.8 Å². The molecule has 2 aliphatic rings. The number of amides is 2. The molecule has 12 nitrogen and oxygen atoms in total. The molecule has 2 aromatic rings. The van der Waals surface area contributed by atoms with Crippen LogP contribution >= 0.6 is 23.2 Å². The van der Waals surface area contributed by atoms with E-state index in [4.69, 9.17) is 32.7 Å². The number of hydrogen-bond donors (Lipinski definition) is 2. The van der Waals surface area contributed by atoms with Crippen molar-refractivity contribution in [2.24, 2.45) is 0 Å². The fraction of sp³-hybridized carbons (Fsp3) is 0.364. The van der Waals surface area contributed by atoms with E-state index in [1.807, 2.05) is 0 Å². The highest BCUT2D eigenvalue weighted by Gasteiger charge is 2.29. The second-order valence-corrected chi connectivity index (χ2v) is 12.9. The van der Waals surface area contributed by atoms with Crippen LogP contribution in [0.2, 0.25) is 10.0 Å². The predicted molar refractivity (Wildman–Crippen MR) is 139 cm³/mol. The van der Waals surface area contributed by atoms with Crippen LogP contribution in [-0.2, 0) is 39.1 Å². The van der Waals surface area contributed by atoms with E-state index in [0.29, 0.717) is 0 Å². The summed E-state index contributed by atoms with van der Waals surface area (Å²) in [5.41, 5.74) is -0.202. The summed E-state index contributed by atoms with van der Waals surface area (Å²) >= 11 is 12.3. The number of nitrogens with zero attached hydrogens (tertiary/aromatic N) is 2. The van der Waals surface area contributed by atoms with E-state index < -0.39 is 31.9 Å². The summed E-state index contributed by atoms with van der Waals surface area (Å²) in [6, 6.07) is 7.48. The standard InChI is InChI=1S/C22H24Cl2N4O8S2/c23-17-3-1-15(37(31,32)27-5-9-35-10-6-27)13-19(17)25-21(29)22(30)26-20-14-16(2-4-18(20)24)38(33,34)28-7-11-36-12-8-28/h1-4,13-14H,5-12H2,(H,25,29)(H,26,30). The van der Waals surface area contributed by atoms with Crippen LogP contribution in [0.5, 0.6) is 0 Å². The lowest BCUT2D eigenvalue weighted by molar-refractivity contribution is -0.132. The van der Waals surface area contributed by atoms with E-state index in [0.717, 1.165) is 12.1 Å². The van der Waals surface area contributed by atoms with Gasteiger partial charge in [0.2, 0.25) is 20.0 Å². The second kappa shape index (κ2) is 11.8. The maximum absolute atomic E-state index is 12.9. The number of morpholine rings is 2. The maximum Gasteiger partial charge on any atom is 0.314 e. The number of anilines is 2. The Morgan fingerprint density at radius 3 is 1.34 bits per heavy atom. The van der Waals surface area contributed by atoms with Crippen molar-refractivity contribution in [3.05, 3.63) is 46.4 Å². The van der Waals surface area contributed by atoms with Gasteiger partial charge in [-0.3, -0.25) is 9.59 Å². The number of carbonyl (C=O) groups excluding carboxylic acids is 2. The van der Waals surface area contributed by atoms with Crippen LogP contribution in [0, 0.1) is 0 Å². The molecule has 2 saturated heterocycles. The smallest absolute Gasteiger partial charge is 0.314 e. The second-order valence-electron chi connectivity index (χ2n) is 8.22. The molecule has 2 amide bonds. The lowest BCUT2D eigenvalue weighted by Crippen LogP contribution is -2.40. The molecule has 0 saturated carbocycles. The number of hydrogen-bond acceptors (Lipinski definition) is 8. The summed E-state index contributed by atoms with van der Waals surface area (Å²) in [6.07, 6.45) is 0. The van der Waals surface area contributed by atoms with E-state index in [-0.39, 0.29) is 83.8 Å². The Morgan fingerprint density at radius 2 is 1.00 bits per heavy atom. The Labute approximate surface area is 229 Å². The highest BCUT2D eigenvalue weighted by Crippen LogP contribution is 2.29. The lowest BCUT2D eigenvalue weighted by Gasteiger charge is -2.26. The third-order valence-corrected chi connectivity index (χ3v) is 10.2. The Hall–Kier alpha value is -2.30. The van der Waals surface area contributed by atoms with E-state index in [1.165, 1.54) is 32.9 Å². The van der Waals surface area contributed by atoms with Gasteiger partial charge in [0.25, 0.3) is 0 Å². The van der Waals surface area contributed by atoms with Crippen LogP contribution in [0.4, 0.5) is 11.4 Å². The zero-order chi connectivity index (χ0) is 27.5. The summed E-state index contributed by atoms with van der Waals surface area (Å²) in [5.74, 6) is -2.35. The van der Waals surface area contributed by atoms with Gasteiger partial charge in [-0.15, -0.1) is 0 Å². The highest BCUT2D eigenvalue weighted by molar-refractivity contribution is 7.89. The molecule has 2 heterocycles. The van der Waals surface area contributed by atoms with Gasteiger partial charge in [-0.25, -0.2) is 16.8 Å². The summed E-state index contributed by atoms with van der Waals surface area (Å²) in [6.45, 7) is 1.74. The first kappa shape index (κ1) is 28.7. The van der Waals surface area contributed by atoms with Crippen molar-refractivity contribution in [1.29, 1.82) is 0 Å². The van der Waals surface area contributed by atoms with Gasteiger partial charge in [0.1, 0.15) is 0 Å². The first-order valence-corrected chi connectivity index (χ1v) is 15.0. The van der Waals surface area contributed by atoms with Crippen LogP contribution < -0.4 is 10.6 Å². The van der Waals surface area contributed by atoms with Gasteiger partial charge in [-0.2, -0.15) is 8.61 Å². The molecule has 2 aliphatic heterocycles. The number of benzene rings is 2. The minimum absolute atomic E-state index is 0.00344. The number of rotatable bonds is 6. The molecule has 2 N–H and O–H groups in total. The molecule has 206 valence electrons. The molecule has 0 aliphatic carbocycles. The van der Waals surface area contributed by atoms with E-state index in [9.17, 15) is 26.4 Å². The quantitative estimate of drug-likeness (QED) is 0.471. The first-order valence-electron chi connectivity index (χ1n) is 11.4. The molecule has 38 heavy (non-hydrogen) atoms. The molecule has 2 aromatic carbocycles. The number of ether oxygens (including phenoxy) is 2. The minimum Gasteiger partial charge on any atom is -0.379 e. The molecule has 4 rings (SSSR count). The van der Waals surface area contributed by atoms with Gasteiger partial charge in [-0.05, 0) is 36.4 Å². The van der Waals surface area contributed by atoms with Crippen LogP contribution in [0.1, 0.15) is 0 Å². The number of carbonyl (C=O) groups is 2. The van der Waals surface area contributed by atoms with Gasteiger partial charge in [0, 0.05) is 26.2 Å². The Balaban J connectivity index is 1.49. The number of nitrogens with one attached hydrogen (secondary N) is 2. The molecule has 16 heteroatoms. The topological polar surface area (TPSA) is 151 Å². The van der Waals surface area contributed by atoms with Gasteiger partial charge in [-0.1, -0.05) is 23.2 Å². The van der Waals surface area contributed by atoms with Crippen molar-refractivity contribution >= 4 is 66.4 Å². The third kappa shape index (κ3) is 6.29. The van der Waals surface area contributed by atoms with Gasteiger partial charge < -0.3 is 20.1 Å². The van der Waals surface area contributed by atoms with Crippen molar-refractivity contribution in [3.8, 4) is 0 Å². The molecule has 2 fully saturated rings. The minimum atomic E-state index is -3.88. The Kier molecular flexibility index (Phi) is 8.94. The van der Waals surface area contributed by atoms with Gasteiger partial charge in [0.05, 0.1) is 57.6 Å². The largest absolute Gasteiger partial charge is 0.379 e. The molecular formula is C22H24Cl2N4O8S2. The fourth-order valence-electron chi connectivity index (χ4n) is 3.75. The van der Waals surface area contributed by atoms with E-state index in [1.54, 1.807) is 0 Å². The predicted octanol–water partition coefficient (Wildman–Crippen LogP) is 1.61. The zero-order valence-corrected chi connectivity index (χ0v) is 23.0. The summed E-state index contributed by atoms with van der Waals surface area (Å²) in [7, 11) is -7.77. The summed E-state index contributed by atoms with van der Waals surface area (Å²) in [4.78, 5) is 25.0. The Bertz CT molecular complexity index is 1330. The first-order chi connectivity index (χ1) is 18.0. The molecular weight excluding hydrogens is 583 g/mol. The normalized spacial score (nSPS) is 17.6. The van der Waals surface area contributed by atoms with Crippen molar-refractivity contribution in [2.45, 2.75) is 9.79 Å². The number of sulfonamides is 2. The zero-order valence-electron chi connectivity index (χ0n) is 19.9. The van der Waals surface area contributed by atoms with Crippen LogP contribution in [0.3, 0.4) is 0 Å². The van der Waals surface area contributed by atoms with Crippen LogP contribution in [0.25, 0.3) is 0 Å². The molecule has 0 bridgehead atoms. The van der Waals surface area contributed by atoms with E-state index in [2.05, 4.69) is 10.6 Å². The average molecular weight is 607 g/mol. The van der Waals surface area contributed by atoms with Gasteiger partial charge in [0.15, 0.2) is 0 Å². The lowest BCUT2D eigenvalue weighted by atomic mass is 10.3. The molecule has 0 unspecified atom stereocenters. The SMILES string of the molecule is O=C(Nc1cc(S(=O)(=O)N2CCOCC2)ccc1Cl)C(=O)Nc1cc(S(=O)(=O)N2CCOCC2)ccc1Cl. The van der Waals surface area contributed by atoms with Crippen molar-refractivity contribution < 1.29 is 35.9 Å². The van der Waals surface area contributed by atoms with Crippen LogP contribution in [0.15, 0.2) is 46.2 Å². The average Bonchev–Trinajstić information content (AvgIpc) is 2.91. The Morgan fingerprint density at radius 1 is 0.658 bits per heavy atom. The highest BCUT2D eigenvalue weighted by atomic mass is 35.5. The molecule has 0 aromatic heterocycles. The fourth-order valence-corrected chi connectivity index (χ4v) is 6.95. The summed E-state index contributed by atoms with van der Waals surface area (Å²) < 4.78 is 64.6. The van der Waals surface area contributed by atoms with Crippen LogP contribution in [-0.4, -0.2) is 89.9 Å². The maximum atomic E-state index is 12.9. The molecule has 0 atom stereocenters. The van der Waals surface area contributed by atoms with Crippen molar-refractivity contribution in [1.82, 2.24) is 8.61 Å². The third-order valence-electron chi connectivity index (χ3n) is 5.79. The van der Waals surface area contributed by atoms with Crippen molar-refractivity contribution in [3.63, 3.8) is 0 Å².